The van der Waals surface area contributed by atoms with Crippen molar-refractivity contribution in [2.75, 3.05) is 6.54 Å². The second kappa shape index (κ2) is 7.97. The number of nitrogens with zero attached hydrogens (tertiary/aromatic N) is 3. The molecule has 2 unspecified atom stereocenters. The van der Waals surface area contributed by atoms with E-state index in [4.69, 9.17) is 11.6 Å². The quantitative estimate of drug-likeness (QED) is 0.469. The van der Waals surface area contributed by atoms with E-state index in [2.05, 4.69) is 4.98 Å². The lowest BCUT2D eigenvalue weighted by atomic mass is 9.85. The number of aromatic nitrogens is 3. The van der Waals surface area contributed by atoms with Gasteiger partial charge in [0, 0.05) is 54.4 Å². The third-order valence-electron chi connectivity index (χ3n) is 6.62. The van der Waals surface area contributed by atoms with Gasteiger partial charge in [-0.3, -0.25) is 9.36 Å². The van der Waals surface area contributed by atoms with Crippen LogP contribution in [-0.2, 0) is 24.1 Å². The molecular weight excluding hydrogens is 476 g/mol. The minimum atomic E-state index is -4.26. The van der Waals surface area contributed by atoms with Gasteiger partial charge < -0.3 is 9.55 Å². The number of hydrogen-bond donors (Lipinski definition) is 1. The number of para-hydroxylation sites is 1. The van der Waals surface area contributed by atoms with Crippen LogP contribution < -0.4 is 11.2 Å². The molecular formula is C24H23ClN4O4S. The highest BCUT2D eigenvalue weighted by atomic mass is 35.5. The second-order valence-corrected chi connectivity index (χ2v) is 10.8. The molecule has 0 saturated carbocycles. The molecule has 0 fully saturated rings. The Balaban J connectivity index is 1.76. The first-order valence-corrected chi connectivity index (χ1v) is 12.6. The van der Waals surface area contributed by atoms with Gasteiger partial charge in [-0.2, -0.15) is 4.31 Å². The third-order valence-corrected chi connectivity index (χ3v) is 8.88. The summed E-state index contributed by atoms with van der Waals surface area (Å²) in [6, 6.07) is 14.6. The topological polar surface area (TPSA) is 97.2 Å². The summed E-state index contributed by atoms with van der Waals surface area (Å²) in [5, 5.41) is 1.54. The Morgan fingerprint density at radius 3 is 2.44 bits per heavy atom. The van der Waals surface area contributed by atoms with Crippen LogP contribution >= 0.6 is 11.6 Å². The Labute approximate surface area is 201 Å². The van der Waals surface area contributed by atoms with Crippen molar-refractivity contribution in [2.24, 2.45) is 14.1 Å². The highest BCUT2D eigenvalue weighted by Crippen LogP contribution is 2.45. The molecule has 5 rings (SSSR count). The fourth-order valence-corrected chi connectivity index (χ4v) is 6.89. The Hall–Kier alpha value is -3.14. The lowest BCUT2D eigenvalue weighted by Crippen LogP contribution is -2.46. The minimum absolute atomic E-state index is 0.0913. The third kappa shape index (κ3) is 3.26. The van der Waals surface area contributed by atoms with Crippen LogP contribution in [0.1, 0.15) is 35.7 Å². The standard InChI is InChI=1S/C24H23ClN4O4S/c1-14-22-21(16-9-5-7-11-19(16)26-22)17(15-8-4-6-10-18(15)25)12-29(14)34(32,33)20-13-27(2)24(31)28(3)23(20)30/h4-11,13-14,17,26H,12H2,1-3H3. The van der Waals surface area contributed by atoms with E-state index in [1.54, 1.807) is 13.0 Å². The second-order valence-electron chi connectivity index (χ2n) is 8.57. The van der Waals surface area contributed by atoms with Crippen LogP contribution in [0, 0.1) is 0 Å². The van der Waals surface area contributed by atoms with Crippen molar-refractivity contribution in [2.45, 2.75) is 23.8 Å². The van der Waals surface area contributed by atoms with E-state index in [9.17, 15) is 18.0 Å². The van der Waals surface area contributed by atoms with Crippen molar-refractivity contribution in [1.82, 2.24) is 18.4 Å². The molecule has 2 aromatic carbocycles. The average Bonchev–Trinajstić information content (AvgIpc) is 3.21. The molecule has 0 bridgehead atoms. The number of rotatable bonds is 3. The number of sulfonamides is 1. The predicted molar refractivity (Wildman–Crippen MR) is 131 cm³/mol. The smallest absolute Gasteiger partial charge is 0.330 e. The van der Waals surface area contributed by atoms with Crippen molar-refractivity contribution < 1.29 is 8.42 Å². The Morgan fingerprint density at radius 2 is 1.71 bits per heavy atom. The summed E-state index contributed by atoms with van der Waals surface area (Å²) < 4.78 is 31.0. The number of aromatic amines is 1. The van der Waals surface area contributed by atoms with Crippen molar-refractivity contribution in [3.05, 3.63) is 97.4 Å². The molecule has 0 aliphatic carbocycles. The molecule has 0 radical (unpaired) electrons. The maximum atomic E-state index is 13.9. The van der Waals surface area contributed by atoms with Crippen LogP contribution in [-0.4, -0.2) is 33.4 Å². The lowest BCUT2D eigenvalue weighted by molar-refractivity contribution is 0.306. The zero-order valence-corrected chi connectivity index (χ0v) is 20.4. The summed E-state index contributed by atoms with van der Waals surface area (Å²) in [6.07, 6.45) is 1.10. The maximum Gasteiger partial charge on any atom is 0.330 e. The largest absolute Gasteiger partial charge is 0.357 e. The molecule has 176 valence electrons. The fraction of sp³-hybridized carbons (Fsp3) is 0.250. The molecule has 10 heteroatoms. The lowest BCUT2D eigenvalue weighted by Gasteiger charge is -2.37. The molecule has 34 heavy (non-hydrogen) atoms. The number of aryl methyl sites for hydroxylation is 1. The molecule has 3 heterocycles. The molecule has 0 amide bonds. The highest BCUT2D eigenvalue weighted by Gasteiger charge is 2.42. The van der Waals surface area contributed by atoms with Crippen LogP contribution in [0.3, 0.4) is 0 Å². The van der Waals surface area contributed by atoms with Crippen molar-refractivity contribution >= 4 is 32.5 Å². The number of halogens is 1. The summed E-state index contributed by atoms with van der Waals surface area (Å²) in [5.41, 5.74) is 2.00. The first-order valence-electron chi connectivity index (χ1n) is 10.8. The van der Waals surface area contributed by atoms with Crippen LogP contribution in [0.5, 0.6) is 0 Å². The first kappa shape index (κ1) is 22.6. The van der Waals surface area contributed by atoms with Gasteiger partial charge >= 0.3 is 5.69 Å². The molecule has 1 N–H and O–H groups in total. The van der Waals surface area contributed by atoms with Gasteiger partial charge in [-0.1, -0.05) is 48.0 Å². The van der Waals surface area contributed by atoms with E-state index in [1.807, 2.05) is 42.5 Å². The average molecular weight is 499 g/mol. The van der Waals surface area contributed by atoms with E-state index in [1.165, 1.54) is 18.4 Å². The van der Waals surface area contributed by atoms with Crippen molar-refractivity contribution in [3.8, 4) is 0 Å². The summed E-state index contributed by atoms with van der Waals surface area (Å²) in [5.74, 6) is -0.359. The summed E-state index contributed by atoms with van der Waals surface area (Å²) in [6.45, 7) is 1.88. The van der Waals surface area contributed by atoms with Crippen molar-refractivity contribution in [1.29, 1.82) is 0 Å². The van der Waals surface area contributed by atoms with Gasteiger partial charge in [0.25, 0.3) is 15.6 Å². The number of benzene rings is 2. The van der Waals surface area contributed by atoms with E-state index in [0.29, 0.717) is 5.02 Å². The molecule has 4 aromatic rings. The van der Waals surface area contributed by atoms with Gasteiger partial charge in [-0.25, -0.2) is 13.2 Å². The van der Waals surface area contributed by atoms with Crippen LogP contribution in [0.4, 0.5) is 0 Å². The zero-order chi connectivity index (χ0) is 24.4. The van der Waals surface area contributed by atoms with Gasteiger partial charge in [-0.05, 0) is 30.2 Å². The van der Waals surface area contributed by atoms with Gasteiger partial charge in [0.05, 0.1) is 6.04 Å². The molecule has 1 aliphatic heterocycles. The van der Waals surface area contributed by atoms with E-state index < -0.39 is 32.2 Å². The van der Waals surface area contributed by atoms with Gasteiger partial charge in [0.15, 0.2) is 4.90 Å². The van der Waals surface area contributed by atoms with Crippen LogP contribution in [0.15, 0.2) is 69.2 Å². The van der Waals surface area contributed by atoms with Crippen LogP contribution in [0.25, 0.3) is 10.9 Å². The normalized spacial score (nSPS) is 18.8. The van der Waals surface area contributed by atoms with Gasteiger partial charge in [0.2, 0.25) is 0 Å². The first-order chi connectivity index (χ1) is 16.1. The zero-order valence-electron chi connectivity index (χ0n) is 18.8. The monoisotopic (exact) mass is 498 g/mol. The molecule has 2 atom stereocenters. The number of H-pyrrole nitrogens is 1. The molecule has 0 saturated heterocycles. The molecule has 8 nitrogen and oxygen atoms in total. The minimum Gasteiger partial charge on any atom is -0.357 e. The SMILES string of the molecule is CC1c2[nH]c3ccccc3c2C(c2ccccc2Cl)CN1S(=O)(=O)c1cn(C)c(=O)n(C)c1=O. The Bertz CT molecular complexity index is 1670. The van der Waals surface area contributed by atoms with E-state index >= 15 is 0 Å². The Kier molecular flexibility index (Phi) is 5.31. The number of fused-ring (bicyclic) bond motifs is 3. The van der Waals surface area contributed by atoms with Gasteiger partial charge in [0.1, 0.15) is 0 Å². The fourth-order valence-electron chi connectivity index (χ4n) is 4.86. The molecule has 0 spiro atoms. The van der Waals surface area contributed by atoms with E-state index in [0.717, 1.165) is 43.1 Å². The Morgan fingerprint density at radius 1 is 1.03 bits per heavy atom. The van der Waals surface area contributed by atoms with Crippen LogP contribution in [0.2, 0.25) is 5.02 Å². The number of nitrogens with one attached hydrogen (secondary N) is 1. The van der Waals surface area contributed by atoms with Crippen molar-refractivity contribution in [3.63, 3.8) is 0 Å². The van der Waals surface area contributed by atoms with Gasteiger partial charge in [-0.15, -0.1) is 0 Å². The maximum absolute atomic E-state index is 13.9. The molecule has 1 aliphatic rings. The summed E-state index contributed by atoms with van der Waals surface area (Å²) >= 11 is 6.57. The summed E-state index contributed by atoms with van der Waals surface area (Å²) in [4.78, 5) is 27.9. The number of hydrogen-bond acceptors (Lipinski definition) is 4. The van der Waals surface area contributed by atoms with E-state index in [-0.39, 0.29) is 12.5 Å². The molecule has 2 aromatic heterocycles. The predicted octanol–water partition coefficient (Wildman–Crippen LogP) is 3.12. The highest BCUT2D eigenvalue weighted by molar-refractivity contribution is 7.89. The summed E-state index contributed by atoms with van der Waals surface area (Å²) in [7, 11) is -1.57.